The minimum Gasteiger partial charge on any atom is -0.489 e. The van der Waals surface area contributed by atoms with Crippen molar-refractivity contribution in [2.24, 2.45) is 0 Å². The van der Waals surface area contributed by atoms with E-state index in [0.717, 1.165) is 11.8 Å². The molecule has 2 aliphatic heterocycles. The van der Waals surface area contributed by atoms with Crippen molar-refractivity contribution in [3.63, 3.8) is 0 Å². The van der Waals surface area contributed by atoms with Gasteiger partial charge in [-0.15, -0.1) is 0 Å². The van der Waals surface area contributed by atoms with E-state index < -0.39 is 29.1 Å². The topological polar surface area (TPSA) is 121 Å². The zero-order chi connectivity index (χ0) is 31.6. The predicted octanol–water partition coefficient (Wildman–Crippen LogP) is 5.93. The molecule has 0 radical (unpaired) electrons. The van der Waals surface area contributed by atoms with Gasteiger partial charge in [0.2, 0.25) is 11.9 Å². The van der Waals surface area contributed by atoms with Gasteiger partial charge in [-0.25, -0.2) is 9.78 Å². The molecule has 11 nitrogen and oxygen atoms in total. The van der Waals surface area contributed by atoms with E-state index in [1.54, 1.807) is 35.2 Å². The molecule has 1 atom stereocenters. The van der Waals surface area contributed by atoms with Crippen molar-refractivity contribution in [3.05, 3.63) is 66.9 Å². The van der Waals surface area contributed by atoms with Crippen LogP contribution in [0.5, 0.6) is 5.75 Å². The minimum atomic E-state index is -4.72. The number of alkyl halides is 3. The molecule has 232 valence electrons. The summed E-state index contributed by atoms with van der Waals surface area (Å²) in [4.78, 5) is 36.0. The monoisotopic (exact) mass is 611 g/mol. The zero-order valence-corrected chi connectivity index (χ0v) is 24.4. The number of fused-ring (bicyclic) bond motifs is 3. The van der Waals surface area contributed by atoms with E-state index in [1.165, 1.54) is 6.07 Å². The van der Waals surface area contributed by atoms with Crippen molar-refractivity contribution in [2.75, 3.05) is 47.1 Å². The lowest BCUT2D eigenvalue weighted by Gasteiger charge is -2.45. The summed E-state index contributed by atoms with van der Waals surface area (Å²) in [5.74, 6) is -0.418. The van der Waals surface area contributed by atoms with Crippen LogP contribution in [0.15, 0.2) is 61.3 Å². The number of hydrogen-bond acceptors (Lipinski definition) is 9. The van der Waals surface area contributed by atoms with Gasteiger partial charge in [0.1, 0.15) is 29.3 Å². The van der Waals surface area contributed by atoms with Crippen LogP contribution in [0, 0.1) is 0 Å². The minimum absolute atomic E-state index is 0.0574. The number of aromatic nitrogens is 2. The van der Waals surface area contributed by atoms with E-state index in [0.29, 0.717) is 49.6 Å². The molecular formula is C30H32F3N7O4. The van der Waals surface area contributed by atoms with Gasteiger partial charge >= 0.3 is 12.3 Å². The van der Waals surface area contributed by atoms with Gasteiger partial charge in [-0.1, -0.05) is 12.6 Å². The van der Waals surface area contributed by atoms with Crippen LogP contribution in [0.3, 0.4) is 0 Å². The largest absolute Gasteiger partial charge is 0.489 e. The van der Waals surface area contributed by atoms with Crippen LogP contribution in [-0.2, 0) is 15.7 Å². The molecule has 14 heteroatoms. The highest BCUT2D eigenvalue weighted by Gasteiger charge is 2.37. The molecule has 3 aromatic rings. The Hall–Kier alpha value is -5.01. The van der Waals surface area contributed by atoms with E-state index in [9.17, 15) is 22.8 Å². The fourth-order valence-electron chi connectivity index (χ4n) is 4.82. The zero-order valence-electron chi connectivity index (χ0n) is 24.4. The SMILES string of the molecule is C=CC(=O)Nc1cccc(Nc2nc(Nc3ccc4c(c3)OC[C@@H]3CN(C(=O)OC(C)(C)C)CCN43)ncc2C(F)(F)F)c1. The van der Waals surface area contributed by atoms with E-state index in [2.05, 4.69) is 37.4 Å². The van der Waals surface area contributed by atoms with Crippen molar-refractivity contribution < 1.29 is 32.2 Å². The van der Waals surface area contributed by atoms with Gasteiger partial charge in [0.05, 0.1) is 11.7 Å². The molecule has 1 fully saturated rings. The number of ether oxygens (including phenoxy) is 2. The van der Waals surface area contributed by atoms with Gasteiger partial charge in [0, 0.05) is 49.0 Å². The second kappa shape index (κ2) is 11.9. The van der Waals surface area contributed by atoms with Crippen molar-refractivity contribution in [1.29, 1.82) is 0 Å². The summed E-state index contributed by atoms with van der Waals surface area (Å²) in [6.45, 7) is 10.7. The average Bonchev–Trinajstić information content (AvgIpc) is 2.95. The first-order valence-electron chi connectivity index (χ1n) is 13.8. The van der Waals surface area contributed by atoms with Crippen molar-refractivity contribution >= 4 is 46.5 Å². The van der Waals surface area contributed by atoms with Crippen LogP contribution >= 0.6 is 0 Å². The smallest absolute Gasteiger partial charge is 0.421 e. The molecule has 1 saturated heterocycles. The van der Waals surface area contributed by atoms with Gasteiger partial charge in [0.25, 0.3) is 0 Å². The van der Waals surface area contributed by atoms with E-state index in [-0.39, 0.29) is 23.8 Å². The number of carbonyl (C=O) groups excluding carboxylic acids is 2. The van der Waals surface area contributed by atoms with Crippen molar-refractivity contribution in [3.8, 4) is 5.75 Å². The first-order chi connectivity index (χ1) is 20.8. The number of amides is 2. The highest BCUT2D eigenvalue weighted by atomic mass is 19.4. The molecule has 1 aromatic heterocycles. The third kappa shape index (κ3) is 7.13. The third-order valence-corrected chi connectivity index (χ3v) is 6.76. The molecule has 3 heterocycles. The highest BCUT2D eigenvalue weighted by Crippen LogP contribution is 2.39. The summed E-state index contributed by atoms with van der Waals surface area (Å²) in [6.07, 6.45) is -3.30. The second-order valence-corrected chi connectivity index (χ2v) is 11.2. The third-order valence-electron chi connectivity index (χ3n) is 6.76. The van der Waals surface area contributed by atoms with Crippen LogP contribution in [-0.4, -0.2) is 64.8 Å². The fourth-order valence-corrected chi connectivity index (χ4v) is 4.82. The van der Waals surface area contributed by atoms with E-state index >= 15 is 0 Å². The van der Waals surface area contributed by atoms with Crippen molar-refractivity contribution in [2.45, 2.75) is 38.6 Å². The van der Waals surface area contributed by atoms with Crippen LogP contribution in [0.1, 0.15) is 26.3 Å². The lowest BCUT2D eigenvalue weighted by molar-refractivity contribution is -0.137. The number of piperazine rings is 1. The molecule has 2 amide bonds. The molecular weight excluding hydrogens is 579 g/mol. The van der Waals surface area contributed by atoms with Crippen LogP contribution < -0.4 is 25.6 Å². The normalized spacial score (nSPS) is 16.2. The second-order valence-electron chi connectivity index (χ2n) is 11.2. The summed E-state index contributed by atoms with van der Waals surface area (Å²) in [5, 5.41) is 8.20. The summed E-state index contributed by atoms with van der Waals surface area (Å²) >= 11 is 0. The van der Waals surface area contributed by atoms with Crippen molar-refractivity contribution in [1.82, 2.24) is 14.9 Å². The summed E-state index contributed by atoms with van der Waals surface area (Å²) in [7, 11) is 0. The number of halogens is 3. The number of nitrogens with zero attached hydrogens (tertiary/aromatic N) is 4. The molecule has 3 N–H and O–H groups in total. The Balaban J connectivity index is 1.32. The number of carbonyl (C=O) groups is 2. The van der Waals surface area contributed by atoms with Gasteiger partial charge in [0.15, 0.2) is 0 Å². The van der Waals surface area contributed by atoms with Gasteiger partial charge in [-0.2, -0.15) is 18.2 Å². The number of anilines is 6. The molecule has 44 heavy (non-hydrogen) atoms. The molecule has 0 bridgehead atoms. The van der Waals surface area contributed by atoms with Crippen LogP contribution in [0.2, 0.25) is 0 Å². The first kappa shape index (κ1) is 30.4. The highest BCUT2D eigenvalue weighted by molar-refractivity contribution is 5.99. The molecule has 2 aromatic carbocycles. The molecule has 2 aliphatic rings. The van der Waals surface area contributed by atoms with Gasteiger partial charge in [-0.05, 0) is 57.2 Å². The molecule has 0 saturated carbocycles. The lowest BCUT2D eigenvalue weighted by atomic mass is 10.1. The Morgan fingerprint density at radius 2 is 1.82 bits per heavy atom. The number of nitrogens with one attached hydrogen (secondary N) is 3. The molecule has 0 aliphatic carbocycles. The Morgan fingerprint density at radius 3 is 2.55 bits per heavy atom. The Morgan fingerprint density at radius 1 is 1.07 bits per heavy atom. The van der Waals surface area contributed by atoms with Gasteiger partial charge < -0.3 is 35.2 Å². The van der Waals surface area contributed by atoms with E-state index in [4.69, 9.17) is 9.47 Å². The average molecular weight is 612 g/mol. The maximum atomic E-state index is 13.8. The lowest BCUT2D eigenvalue weighted by Crippen LogP contribution is -2.59. The van der Waals surface area contributed by atoms with E-state index in [1.807, 2.05) is 26.8 Å². The van der Waals surface area contributed by atoms with Crippen LogP contribution in [0.4, 0.5) is 52.5 Å². The Kier molecular flexibility index (Phi) is 8.26. The molecule has 0 spiro atoms. The van der Waals surface area contributed by atoms with Gasteiger partial charge in [-0.3, -0.25) is 4.79 Å². The Labute approximate surface area is 252 Å². The quantitative estimate of drug-likeness (QED) is 0.292. The summed E-state index contributed by atoms with van der Waals surface area (Å²) in [5.41, 5.74) is 0.336. The standard InChI is InChI=1S/C30H32F3N7O4/c1-5-25(41)35-18-7-6-8-19(13-18)36-26-22(30(31,32)33)15-34-27(38-26)37-20-9-10-23-24(14-20)43-17-21-16-39(11-12-40(21)23)28(42)44-29(2,3)4/h5-10,13-15,21H,1,11-12,16-17H2,2-4H3,(H,35,41)(H2,34,36,37,38)/t21-/m0/s1. The molecule has 0 unspecified atom stereocenters. The molecule has 5 rings (SSSR count). The number of rotatable bonds is 6. The summed E-state index contributed by atoms with van der Waals surface area (Å²) < 4.78 is 53.0. The fraction of sp³-hybridized carbons (Fsp3) is 0.333. The van der Waals surface area contributed by atoms with Crippen LogP contribution in [0.25, 0.3) is 0 Å². The number of benzene rings is 2. The maximum absolute atomic E-state index is 13.8. The number of hydrogen-bond donors (Lipinski definition) is 3. The first-order valence-corrected chi connectivity index (χ1v) is 13.8. The maximum Gasteiger partial charge on any atom is 0.421 e. The summed E-state index contributed by atoms with van der Waals surface area (Å²) in [6, 6.07) is 11.4. The Bertz CT molecular complexity index is 1570. The predicted molar refractivity (Wildman–Crippen MR) is 160 cm³/mol.